The molecule has 164 valence electrons. The van der Waals surface area contributed by atoms with E-state index in [1.54, 1.807) is 13.1 Å². The van der Waals surface area contributed by atoms with Crippen LogP contribution in [0.5, 0.6) is 0 Å². The number of morpholine rings is 1. The molecule has 4 rings (SSSR count). The summed E-state index contributed by atoms with van der Waals surface area (Å²) in [6, 6.07) is 5.61. The molecule has 1 fully saturated rings. The minimum atomic E-state index is -2.89. The number of anilines is 2. The minimum absolute atomic E-state index is 0.0414. The number of alkyl halides is 2. The molecule has 31 heavy (non-hydrogen) atoms. The van der Waals surface area contributed by atoms with Gasteiger partial charge in [0.15, 0.2) is 5.82 Å². The molecule has 0 spiro atoms. The molecule has 10 heteroatoms. The van der Waals surface area contributed by atoms with Crippen LogP contribution in [0.25, 0.3) is 10.9 Å². The van der Waals surface area contributed by atoms with E-state index in [1.165, 1.54) is 12.1 Å². The molecule has 1 aromatic carbocycles. The van der Waals surface area contributed by atoms with Gasteiger partial charge in [-0.2, -0.15) is 5.10 Å². The molecule has 1 saturated heterocycles. The highest BCUT2D eigenvalue weighted by atomic mass is 19.3. The first kappa shape index (κ1) is 21.3. The summed E-state index contributed by atoms with van der Waals surface area (Å²) in [5.41, 5.74) is 1.50. The quantitative estimate of drug-likeness (QED) is 0.618. The molecule has 2 N–H and O–H groups in total. The van der Waals surface area contributed by atoms with Crippen molar-refractivity contribution in [2.45, 2.75) is 25.9 Å². The maximum absolute atomic E-state index is 14.4. The number of hydrogen-bond acceptors (Lipinski definition) is 7. The molecule has 3 heterocycles. The number of ether oxygens (including phenoxy) is 1. The first-order chi connectivity index (χ1) is 15.0. The molecule has 1 unspecified atom stereocenters. The number of benzene rings is 1. The number of halogens is 3. The van der Waals surface area contributed by atoms with Crippen LogP contribution in [-0.4, -0.2) is 52.7 Å². The summed E-state index contributed by atoms with van der Waals surface area (Å²) in [7, 11) is 0. The number of aliphatic hydroxyl groups excluding tert-OH is 1. The van der Waals surface area contributed by atoms with Crippen molar-refractivity contribution in [2.24, 2.45) is 0 Å². The number of fused-ring (bicyclic) bond motifs is 1. The molecule has 2 aromatic heterocycles. The molecular weight excluding hydrogens is 411 g/mol. The summed E-state index contributed by atoms with van der Waals surface area (Å²) in [5.74, 6) is -0.571. The molecule has 1 aliphatic heterocycles. The van der Waals surface area contributed by atoms with Gasteiger partial charge < -0.3 is 20.1 Å². The maximum atomic E-state index is 14.4. The maximum Gasteiger partial charge on any atom is 0.266 e. The second-order valence-electron chi connectivity index (χ2n) is 7.30. The van der Waals surface area contributed by atoms with E-state index in [0.717, 1.165) is 11.8 Å². The van der Waals surface area contributed by atoms with Gasteiger partial charge in [0.25, 0.3) is 6.43 Å². The smallest absolute Gasteiger partial charge is 0.266 e. The summed E-state index contributed by atoms with van der Waals surface area (Å²) in [4.78, 5) is 6.53. The Morgan fingerprint density at radius 3 is 2.94 bits per heavy atom. The van der Waals surface area contributed by atoms with E-state index in [0.29, 0.717) is 42.2 Å². The lowest BCUT2D eigenvalue weighted by atomic mass is 10.1. The van der Waals surface area contributed by atoms with Crippen LogP contribution in [0.4, 0.5) is 24.7 Å². The first-order valence-corrected chi connectivity index (χ1v) is 9.87. The number of hydrogen-bond donors (Lipinski definition) is 2. The molecule has 7 nitrogen and oxygen atoms in total. The number of aromatic nitrogens is 3. The van der Waals surface area contributed by atoms with Crippen LogP contribution < -0.4 is 10.2 Å². The predicted molar refractivity (Wildman–Crippen MR) is 110 cm³/mol. The molecule has 3 aromatic rings. The monoisotopic (exact) mass is 433 g/mol. The van der Waals surface area contributed by atoms with Gasteiger partial charge in [0.2, 0.25) is 0 Å². The molecule has 0 amide bonds. The van der Waals surface area contributed by atoms with E-state index in [-0.39, 0.29) is 24.8 Å². The van der Waals surface area contributed by atoms with Gasteiger partial charge in [-0.25, -0.2) is 13.2 Å². The summed E-state index contributed by atoms with van der Waals surface area (Å²) in [6.45, 7) is 3.23. The van der Waals surface area contributed by atoms with E-state index >= 15 is 0 Å². The van der Waals surface area contributed by atoms with E-state index in [2.05, 4.69) is 20.5 Å². The third-order valence-electron chi connectivity index (χ3n) is 5.33. The zero-order valence-corrected chi connectivity index (χ0v) is 16.9. The number of nitrogens with one attached hydrogen (secondary N) is 1. The topological polar surface area (TPSA) is 83.4 Å². The SMILES string of the molecule is Cc1nnc(NCc2cccc(C(F)F)c2F)c2cc(N3CCOCC3CO)cnc12. The average Bonchev–Trinajstić information content (AvgIpc) is 2.79. The minimum Gasteiger partial charge on any atom is -0.394 e. The fourth-order valence-electron chi connectivity index (χ4n) is 3.67. The Morgan fingerprint density at radius 1 is 1.32 bits per heavy atom. The first-order valence-electron chi connectivity index (χ1n) is 9.87. The third-order valence-corrected chi connectivity index (χ3v) is 5.33. The zero-order valence-electron chi connectivity index (χ0n) is 16.9. The lowest BCUT2D eigenvalue weighted by Gasteiger charge is -2.36. The second kappa shape index (κ2) is 9.03. The normalized spacial score (nSPS) is 16.8. The summed E-state index contributed by atoms with van der Waals surface area (Å²) >= 11 is 0. The standard InChI is InChI=1S/C21H22F3N5O2/c1-12-19-17(7-14(9-25-19)29-5-6-31-11-15(29)10-30)21(28-27-12)26-8-13-3-2-4-16(18(13)22)20(23)24/h2-4,7,9,15,20,30H,5-6,8,10-11H2,1H3,(H,26,28). The summed E-state index contributed by atoms with van der Waals surface area (Å²) in [6.07, 6.45) is -1.18. The van der Waals surface area contributed by atoms with Crippen molar-refractivity contribution in [2.75, 3.05) is 36.6 Å². The van der Waals surface area contributed by atoms with Gasteiger partial charge in [-0.05, 0) is 13.0 Å². The van der Waals surface area contributed by atoms with Crippen LogP contribution in [0, 0.1) is 12.7 Å². The Kier molecular flexibility index (Phi) is 6.19. The molecule has 0 saturated carbocycles. The largest absolute Gasteiger partial charge is 0.394 e. The van der Waals surface area contributed by atoms with E-state index in [9.17, 15) is 18.3 Å². The Hall–Kier alpha value is -2.98. The van der Waals surface area contributed by atoms with Crippen LogP contribution >= 0.6 is 0 Å². The number of aliphatic hydroxyl groups is 1. The molecule has 1 atom stereocenters. The highest BCUT2D eigenvalue weighted by molar-refractivity contribution is 5.92. The Labute approximate surface area is 176 Å². The van der Waals surface area contributed by atoms with Crippen LogP contribution in [-0.2, 0) is 11.3 Å². The lowest BCUT2D eigenvalue weighted by Crippen LogP contribution is -2.47. The van der Waals surface area contributed by atoms with Crippen molar-refractivity contribution in [1.82, 2.24) is 15.2 Å². The van der Waals surface area contributed by atoms with Crippen molar-refractivity contribution in [3.8, 4) is 0 Å². The molecule has 0 radical (unpaired) electrons. The second-order valence-corrected chi connectivity index (χ2v) is 7.30. The predicted octanol–water partition coefficient (Wildman–Crippen LogP) is 3.22. The van der Waals surface area contributed by atoms with E-state index in [4.69, 9.17) is 4.74 Å². The zero-order chi connectivity index (χ0) is 22.0. The highest BCUT2D eigenvalue weighted by Gasteiger charge is 2.24. The molecule has 0 aliphatic carbocycles. The van der Waals surface area contributed by atoms with Gasteiger partial charge in [0.05, 0.1) is 54.5 Å². The number of pyridine rings is 1. The molecular formula is C21H22F3N5O2. The number of aryl methyl sites for hydroxylation is 1. The fourth-order valence-corrected chi connectivity index (χ4v) is 3.67. The van der Waals surface area contributed by atoms with Gasteiger partial charge in [-0.1, -0.05) is 18.2 Å². The lowest BCUT2D eigenvalue weighted by molar-refractivity contribution is 0.0727. The van der Waals surface area contributed by atoms with Crippen molar-refractivity contribution < 1.29 is 23.0 Å². The number of rotatable bonds is 6. The number of nitrogens with zero attached hydrogens (tertiary/aromatic N) is 4. The van der Waals surface area contributed by atoms with Crippen LogP contribution in [0.2, 0.25) is 0 Å². The third kappa shape index (κ3) is 4.26. The van der Waals surface area contributed by atoms with Gasteiger partial charge in [0, 0.05) is 24.0 Å². The Morgan fingerprint density at radius 2 is 2.16 bits per heavy atom. The molecule has 1 aliphatic rings. The van der Waals surface area contributed by atoms with Crippen molar-refractivity contribution in [3.63, 3.8) is 0 Å². The van der Waals surface area contributed by atoms with Gasteiger partial charge >= 0.3 is 0 Å². The van der Waals surface area contributed by atoms with Crippen LogP contribution in [0.3, 0.4) is 0 Å². The van der Waals surface area contributed by atoms with Crippen molar-refractivity contribution in [1.29, 1.82) is 0 Å². The molecule has 0 bridgehead atoms. The fraction of sp³-hybridized carbons (Fsp3) is 0.381. The van der Waals surface area contributed by atoms with Gasteiger partial charge in [-0.15, -0.1) is 5.10 Å². The van der Waals surface area contributed by atoms with E-state index in [1.807, 2.05) is 11.0 Å². The van der Waals surface area contributed by atoms with Crippen LogP contribution in [0.1, 0.15) is 23.2 Å². The summed E-state index contributed by atoms with van der Waals surface area (Å²) < 4.78 is 45.8. The van der Waals surface area contributed by atoms with Crippen molar-refractivity contribution >= 4 is 22.4 Å². The van der Waals surface area contributed by atoms with E-state index < -0.39 is 17.8 Å². The highest BCUT2D eigenvalue weighted by Crippen LogP contribution is 2.29. The summed E-state index contributed by atoms with van der Waals surface area (Å²) in [5, 5.41) is 21.6. The van der Waals surface area contributed by atoms with Gasteiger partial charge in [0.1, 0.15) is 5.82 Å². The Balaban J connectivity index is 1.66. The van der Waals surface area contributed by atoms with Gasteiger partial charge in [-0.3, -0.25) is 4.98 Å². The van der Waals surface area contributed by atoms with Crippen molar-refractivity contribution in [3.05, 3.63) is 53.1 Å². The Bertz CT molecular complexity index is 1080. The average molecular weight is 433 g/mol. The van der Waals surface area contributed by atoms with Crippen LogP contribution in [0.15, 0.2) is 30.5 Å².